The molecule has 0 amide bonds. The molecule has 7 aliphatic rings. The number of ether oxygens (including phenoxy) is 4. The molecular weight excluding hydrogens is 760 g/mol. The van der Waals surface area contributed by atoms with Crippen molar-refractivity contribution in [1.29, 1.82) is 0 Å². The Labute approximate surface area is 337 Å². The van der Waals surface area contributed by atoms with Gasteiger partial charge in [-0.2, -0.15) is 0 Å². The lowest BCUT2D eigenvalue weighted by Gasteiger charge is -2.69. The summed E-state index contributed by atoms with van der Waals surface area (Å²) in [6.07, 6.45) is -11.1. The number of hydrogen-bond donors (Lipinski definition) is 9. The van der Waals surface area contributed by atoms with Crippen LogP contribution in [0.15, 0.2) is 23.3 Å². The molecule has 16 nitrogen and oxygen atoms in total. The third-order valence-electron chi connectivity index (χ3n) is 17.0. The van der Waals surface area contributed by atoms with Gasteiger partial charge in [0.2, 0.25) is 0 Å². The standard InChI is InChI=1S/C42H62O16/c1-37(2)20-10-13-42(7)21(9-8-18-19-16-40(5,36(53)54)22(43)17-38(19,3)14-15-41(18,42)6)39(20,4)12-11-23(37)55-35-31(27(47)26(46)30(57-35)33(51)52)58-34-28(48)24(44)25(45)29(56-34)32(49)50/h8-9,19-20,22-31,34-35,43-48H,10-17H2,1-7H3,(H,49,50)(H,51,52)(H,53,54)/t19-,20-,22-,23-,24-,25-,26-,27-,28+,29-,30-,31+,34-,35+,38-,39-,40-,41+,42+/m0/s1. The zero-order valence-electron chi connectivity index (χ0n) is 34.3. The molecule has 2 saturated heterocycles. The maximum Gasteiger partial charge on any atom is 0.335 e. The minimum atomic E-state index is -2.03. The number of carbonyl (C=O) groups is 3. The van der Waals surface area contributed by atoms with Gasteiger partial charge >= 0.3 is 17.9 Å². The summed E-state index contributed by atoms with van der Waals surface area (Å²) in [5.74, 6) is -4.18. The van der Waals surface area contributed by atoms with Gasteiger partial charge in [-0.1, -0.05) is 64.8 Å². The lowest BCUT2D eigenvalue weighted by Crippen LogP contribution is -2.66. The average Bonchev–Trinajstić information content (AvgIpc) is 3.13. The van der Waals surface area contributed by atoms with Gasteiger partial charge in [-0.05, 0) is 97.2 Å². The molecule has 0 aromatic heterocycles. The van der Waals surface area contributed by atoms with E-state index in [1.165, 1.54) is 11.1 Å². The van der Waals surface area contributed by atoms with Gasteiger partial charge in [0.1, 0.15) is 36.6 Å². The van der Waals surface area contributed by atoms with Crippen LogP contribution in [-0.4, -0.2) is 137 Å². The molecule has 0 aromatic rings. The van der Waals surface area contributed by atoms with Gasteiger partial charge in [0.15, 0.2) is 24.8 Å². The van der Waals surface area contributed by atoms with Crippen LogP contribution in [0.5, 0.6) is 0 Å². The van der Waals surface area contributed by atoms with Crippen LogP contribution in [0.2, 0.25) is 0 Å². The summed E-state index contributed by atoms with van der Waals surface area (Å²) < 4.78 is 23.4. The molecule has 19 atom stereocenters. The smallest absolute Gasteiger partial charge is 0.335 e. The molecule has 6 fully saturated rings. The summed E-state index contributed by atoms with van der Waals surface area (Å²) in [6.45, 7) is 15.0. The topological polar surface area (TPSA) is 270 Å². The molecular formula is C42H62O16. The van der Waals surface area contributed by atoms with Gasteiger partial charge in [-0.15, -0.1) is 0 Å². The van der Waals surface area contributed by atoms with Crippen molar-refractivity contribution in [1.82, 2.24) is 0 Å². The van der Waals surface area contributed by atoms with Gasteiger partial charge in [-0.25, -0.2) is 9.59 Å². The van der Waals surface area contributed by atoms with E-state index in [9.17, 15) is 60.3 Å². The van der Waals surface area contributed by atoms with Crippen LogP contribution < -0.4 is 0 Å². The number of aliphatic hydroxyl groups is 6. The number of rotatable bonds is 7. The predicted molar refractivity (Wildman–Crippen MR) is 200 cm³/mol. The maximum atomic E-state index is 12.5. The Kier molecular flexibility index (Phi) is 10.7. The molecule has 0 aromatic carbocycles. The minimum Gasteiger partial charge on any atom is -0.481 e. The van der Waals surface area contributed by atoms with Gasteiger partial charge in [-0.3, -0.25) is 4.79 Å². The van der Waals surface area contributed by atoms with E-state index in [-0.39, 0.29) is 33.5 Å². The first kappa shape index (κ1) is 43.6. The van der Waals surface area contributed by atoms with E-state index in [4.69, 9.17) is 18.9 Å². The number of aliphatic carboxylic acids is 3. The van der Waals surface area contributed by atoms with E-state index in [2.05, 4.69) is 53.7 Å². The van der Waals surface area contributed by atoms with Crippen molar-refractivity contribution in [3.63, 3.8) is 0 Å². The van der Waals surface area contributed by atoms with Crippen molar-refractivity contribution in [2.75, 3.05) is 0 Å². The highest BCUT2D eigenvalue weighted by atomic mass is 16.8. The minimum absolute atomic E-state index is 0.00546. The lowest BCUT2D eigenvalue weighted by molar-refractivity contribution is -0.370. The van der Waals surface area contributed by atoms with Crippen molar-refractivity contribution in [2.45, 2.75) is 173 Å². The zero-order chi connectivity index (χ0) is 42.9. The molecule has 0 unspecified atom stereocenters. The van der Waals surface area contributed by atoms with E-state index in [1.54, 1.807) is 6.92 Å². The van der Waals surface area contributed by atoms with Crippen LogP contribution in [0.1, 0.15) is 99.8 Å². The normalized spacial score (nSPS) is 52.4. The molecule has 9 N–H and O–H groups in total. The van der Waals surface area contributed by atoms with Gasteiger partial charge in [0.05, 0.1) is 17.6 Å². The fourth-order valence-corrected chi connectivity index (χ4v) is 12.9. The van der Waals surface area contributed by atoms with E-state index in [0.29, 0.717) is 25.7 Å². The molecule has 326 valence electrons. The third kappa shape index (κ3) is 6.17. The summed E-state index contributed by atoms with van der Waals surface area (Å²) in [7, 11) is 0. The molecule has 16 heteroatoms. The highest BCUT2D eigenvalue weighted by Gasteiger charge is 2.68. The second kappa shape index (κ2) is 14.3. The number of carboxylic acids is 3. The second-order valence-corrected chi connectivity index (χ2v) is 20.3. The number of aliphatic hydroxyl groups excluding tert-OH is 6. The van der Waals surface area contributed by atoms with Crippen molar-refractivity contribution in [3.05, 3.63) is 23.3 Å². The Morgan fingerprint density at radius 2 is 1.26 bits per heavy atom. The van der Waals surface area contributed by atoms with Crippen molar-refractivity contribution >= 4 is 17.9 Å². The van der Waals surface area contributed by atoms with Crippen molar-refractivity contribution in [3.8, 4) is 0 Å². The number of fused-ring (bicyclic) bond motifs is 7. The highest BCUT2D eigenvalue weighted by Crippen LogP contribution is 2.74. The molecule has 0 spiro atoms. The Balaban J connectivity index is 1.18. The van der Waals surface area contributed by atoms with Gasteiger partial charge in [0.25, 0.3) is 0 Å². The molecule has 58 heavy (non-hydrogen) atoms. The third-order valence-corrected chi connectivity index (χ3v) is 17.0. The first-order valence-corrected chi connectivity index (χ1v) is 20.6. The highest BCUT2D eigenvalue weighted by molar-refractivity contribution is 5.75. The van der Waals surface area contributed by atoms with Crippen molar-refractivity contribution < 1.29 is 79.3 Å². The number of carboxylic acid groups (broad SMARTS) is 3. The summed E-state index contributed by atoms with van der Waals surface area (Å²) in [5, 5.41) is 94.1. The summed E-state index contributed by atoms with van der Waals surface area (Å²) in [6, 6.07) is 0. The maximum absolute atomic E-state index is 12.5. The number of hydrogen-bond acceptors (Lipinski definition) is 13. The Hall–Kier alpha value is -2.51. The van der Waals surface area contributed by atoms with Crippen LogP contribution in [0.4, 0.5) is 0 Å². The van der Waals surface area contributed by atoms with E-state index in [1.807, 2.05) is 0 Å². The van der Waals surface area contributed by atoms with Gasteiger partial charge < -0.3 is 64.9 Å². The SMILES string of the molecule is CC1(C)[C@@H](O[C@@H]2O[C@H](C(=O)O)[C@@H](O)[C@H](O)[C@H]2O[C@@H]2O[C@H](C(=O)O)[C@@H](O)[C@H](O)[C@H]2O)CC[C@]2(C)C3=CC=C4[C@@H]5C[C@](C)(C(=O)O)[C@@H](O)C[C@]5(C)CC[C@@]4(C)[C@]3(C)CC[C@@H]12. The molecule has 0 bridgehead atoms. The molecule has 4 saturated carbocycles. The first-order valence-electron chi connectivity index (χ1n) is 20.6. The first-order chi connectivity index (χ1) is 26.8. The molecule has 0 radical (unpaired) electrons. The van der Waals surface area contributed by atoms with E-state index < -0.39 is 102 Å². The fourth-order valence-electron chi connectivity index (χ4n) is 12.9. The molecule has 5 aliphatic carbocycles. The monoisotopic (exact) mass is 822 g/mol. The van der Waals surface area contributed by atoms with Crippen LogP contribution in [0, 0.1) is 44.3 Å². The van der Waals surface area contributed by atoms with E-state index >= 15 is 0 Å². The molecule has 2 heterocycles. The Morgan fingerprint density at radius 1 is 0.655 bits per heavy atom. The summed E-state index contributed by atoms with van der Waals surface area (Å²) in [5.41, 5.74) is -0.313. The lowest BCUT2D eigenvalue weighted by atomic mass is 9.36. The zero-order valence-corrected chi connectivity index (χ0v) is 34.3. The van der Waals surface area contributed by atoms with Crippen LogP contribution >= 0.6 is 0 Å². The van der Waals surface area contributed by atoms with Crippen molar-refractivity contribution in [2.24, 2.45) is 44.3 Å². The van der Waals surface area contributed by atoms with E-state index in [0.717, 1.165) is 25.7 Å². The molecule has 2 aliphatic heterocycles. The number of allylic oxidation sites excluding steroid dienone is 4. The van der Waals surface area contributed by atoms with Gasteiger partial charge in [0, 0.05) is 0 Å². The van der Waals surface area contributed by atoms with Crippen LogP contribution in [0.25, 0.3) is 0 Å². The quantitative estimate of drug-likeness (QED) is 0.166. The second-order valence-electron chi connectivity index (χ2n) is 20.3. The Bertz CT molecular complexity index is 1750. The largest absolute Gasteiger partial charge is 0.481 e. The summed E-state index contributed by atoms with van der Waals surface area (Å²) in [4.78, 5) is 36.5. The fraction of sp³-hybridized carbons (Fsp3) is 0.833. The van der Waals surface area contributed by atoms with Crippen LogP contribution in [-0.2, 0) is 33.3 Å². The predicted octanol–water partition coefficient (Wildman–Crippen LogP) is 1.96. The summed E-state index contributed by atoms with van der Waals surface area (Å²) >= 11 is 0. The average molecular weight is 823 g/mol. The molecule has 7 rings (SSSR count). The Morgan fingerprint density at radius 3 is 1.86 bits per heavy atom. The van der Waals surface area contributed by atoms with Crippen LogP contribution in [0.3, 0.4) is 0 Å².